The molecule has 1 heterocycles. The molecule has 1 saturated carbocycles. The van der Waals surface area contributed by atoms with Crippen LogP contribution in [0.2, 0.25) is 0 Å². The van der Waals surface area contributed by atoms with Gasteiger partial charge in [-0.25, -0.2) is 0 Å². The van der Waals surface area contributed by atoms with Crippen LogP contribution in [0.5, 0.6) is 0 Å². The Morgan fingerprint density at radius 1 is 1.45 bits per heavy atom. The Labute approximate surface area is 124 Å². The second kappa shape index (κ2) is 6.28. The van der Waals surface area contributed by atoms with Crippen molar-refractivity contribution in [3.8, 4) is 0 Å². The summed E-state index contributed by atoms with van der Waals surface area (Å²) in [5.74, 6) is -0.852. The first-order valence-corrected chi connectivity index (χ1v) is 6.48. The third-order valence-electron chi connectivity index (χ3n) is 3.79. The standard InChI is InChI=1S/C13H20N4O2.ClH/c1-13(15)5-3-2-4-9(13)12(19)17-8-6-10(11(14)18)16-7-8;/h6-7,9,16H,2-5,15H2,1H3,(H2,14,18)(H,17,19);1H. The van der Waals surface area contributed by atoms with E-state index in [2.05, 4.69) is 10.3 Å². The molecule has 1 fully saturated rings. The van der Waals surface area contributed by atoms with Crippen molar-refractivity contribution in [3.05, 3.63) is 18.0 Å². The van der Waals surface area contributed by atoms with E-state index in [1.165, 1.54) is 6.07 Å². The molecule has 6 nitrogen and oxygen atoms in total. The van der Waals surface area contributed by atoms with E-state index in [1.807, 2.05) is 6.92 Å². The van der Waals surface area contributed by atoms with E-state index in [-0.39, 0.29) is 29.9 Å². The minimum atomic E-state index is -0.554. The summed E-state index contributed by atoms with van der Waals surface area (Å²) >= 11 is 0. The number of anilines is 1. The van der Waals surface area contributed by atoms with Crippen molar-refractivity contribution in [2.45, 2.75) is 38.1 Å². The van der Waals surface area contributed by atoms with E-state index in [0.29, 0.717) is 5.69 Å². The summed E-state index contributed by atoms with van der Waals surface area (Å²) in [6, 6.07) is 1.52. The fourth-order valence-electron chi connectivity index (χ4n) is 2.63. The summed E-state index contributed by atoms with van der Waals surface area (Å²) in [7, 11) is 0. The zero-order chi connectivity index (χ0) is 14.0. The van der Waals surface area contributed by atoms with E-state index in [0.717, 1.165) is 25.7 Å². The number of primary amides is 1. The highest BCUT2D eigenvalue weighted by Gasteiger charge is 2.37. The summed E-state index contributed by atoms with van der Waals surface area (Å²) in [4.78, 5) is 25.9. The van der Waals surface area contributed by atoms with Gasteiger partial charge in [0.2, 0.25) is 5.91 Å². The molecule has 2 unspecified atom stereocenters. The van der Waals surface area contributed by atoms with Crippen molar-refractivity contribution < 1.29 is 9.59 Å². The van der Waals surface area contributed by atoms with Crippen molar-refractivity contribution in [1.82, 2.24) is 4.98 Å². The summed E-state index contributed by atoms with van der Waals surface area (Å²) in [6.07, 6.45) is 5.28. The largest absolute Gasteiger partial charge is 0.364 e. The molecule has 0 aliphatic heterocycles. The zero-order valence-corrected chi connectivity index (χ0v) is 12.3. The molecular formula is C13H21ClN4O2. The van der Waals surface area contributed by atoms with Gasteiger partial charge in [-0.05, 0) is 25.8 Å². The topological polar surface area (TPSA) is 114 Å². The van der Waals surface area contributed by atoms with Crippen LogP contribution in [0.25, 0.3) is 0 Å². The lowest BCUT2D eigenvalue weighted by molar-refractivity contribution is -0.122. The highest BCUT2D eigenvalue weighted by molar-refractivity contribution is 5.96. The van der Waals surface area contributed by atoms with Crippen molar-refractivity contribution in [3.63, 3.8) is 0 Å². The Bertz CT molecular complexity index is 498. The van der Waals surface area contributed by atoms with Crippen LogP contribution in [0.4, 0.5) is 5.69 Å². The number of hydrogen-bond donors (Lipinski definition) is 4. The maximum atomic E-state index is 12.2. The highest BCUT2D eigenvalue weighted by atomic mass is 35.5. The van der Waals surface area contributed by atoms with E-state index in [9.17, 15) is 9.59 Å². The van der Waals surface area contributed by atoms with Crippen LogP contribution >= 0.6 is 12.4 Å². The first kappa shape index (κ1) is 16.5. The van der Waals surface area contributed by atoms with Crippen molar-refractivity contribution in [1.29, 1.82) is 0 Å². The van der Waals surface area contributed by atoms with Gasteiger partial charge in [-0.2, -0.15) is 0 Å². The number of rotatable bonds is 3. The Morgan fingerprint density at radius 3 is 2.70 bits per heavy atom. The number of nitrogens with one attached hydrogen (secondary N) is 2. The lowest BCUT2D eigenvalue weighted by Gasteiger charge is -2.37. The number of amides is 2. The van der Waals surface area contributed by atoms with Gasteiger partial charge in [-0.1, -0.05) is 12.8 Å². The van der Waals surface area contributed by atoms with E-state index in [4.69, 9.17) is 11.5 Å². The van der Waals surface area contributed by atoms with Crippen molar-refractivity contribution >= 4 is 29.9 Å². The van der Waals surface area contributed by atoms with Gasteiger partial charge in [0.25, 0.3) is 5.91 Å². The summed E-state index contributed by atoms with van der Waals surface area (Å²) in [6.45, 7) is 1.92. The third kappa shape index (κ3) is 3.52. The smallest absolute Gasteiger partial charge is 0.265 e. The second-order valence-corrected chi connectivity index (χ2v) is 5.46. The average molecular weight is 301 g/mol. The Kier molecular flexibility index (Phi) is 5.19. The molecule has 7 heteroatoms. The van der Waals surface area contributed by atoms with Gasteiger partial charge in [0.15, 0.2) is 0 Å². The molecule has 6 N–H and O–H groups in total. The maximum absolute atomic E-state index is 12.2. The summed E-state index contributed by atoms with van der Waals surface area (Å²) in [5.41, 5.74) is 11.7. The molecular weight excluding hydrogens is 280 g/mol. The molecule has 0 saturated heterocycles. The van der Waals surface area contributed by atoms with Crippen LogP contribution in [-0.4, -0.2) is 22.3 Å². The van der Waals surface area contributed by atoms with Crippen LogP contribution < -0.4 is 16.8 Å². The van der Waals surface area contributed by atoms with E-state index < -0.39 is 11.4 Å². The van der Waals surface area contributed by atoms with Crippen molar-refractivity contribution in [2.24, 2.45) is 17.4 Å². The number of aromatic nitrogens is 1. The van der Waals surface area contributed by atoms with Crippen molar-refractivity contribution in [2.75, 3.05) is 5.32 Å². The van der Waals surface area contributed by atoms with Gasteiger partial charge in [0.1, 0.15) is 5.69 Å². The predicted molar refractivity (Wildman–Crippen MR) is 79.7 cm³/mol. The third-order valence-corrected chi connectivity index (χ3v) is 3.79. The minimum Gasteiger partial charge on any atom is -0.364 e. The van der Waals surface area contributed by atoms with Gasteiger partial charge in [-0.15, -0.1) is 12.4 Å². The Balaban J connectivity index is 0.00000200. The molecule has 0 radical (unpaired) electrons. The second-order valence-electron chi connectivity index (χ2n) is 5.46. The van der Waals surface area contributed by atoms with Gasteiger partial charge in [-0.3, -0.25) is 9.59 Å². The molecule has 1 aromatic rings. The fraction of sp³-hybridized carbons (Fsp3) is 0.538. The first-order valence-electron chi connectivity index (χ1n) is 6.48. The number of hydrogen-bond acceptors (Lipinski definition) is 3. The summed E-state index contributed by atoms with van der Waals surface area (Å²) in [5, 5.41) is 2.78. The quantitative estimate of drug-likeness (QED) is 0.676. The van der Waals surface area contributed by atoms with Crippen LogP contribution in [0, 0.1) is 5.92 Å². The molecule has 2 atom stereocenters. The molecule has 112 valence electrons. The number of aromatic amines is 1. The summed E-state index contributed by atoms with van der Waals surface area (Å²) < 4.78 is 0. The minimum absolute atomic E-state index is 0. The number of halogens is 1. The number of carbonyl (C=O) groups excluding carboxylic acids is 2. The molecule has 20 heavy (non-hydrogen) atoms. The van der Waals surface area contributed by atoms with Gasteiger partial charge in [0, 0.05) is 11.7 Å². The highest BCUT2D eigenvalue weighted by Crippen LogP contribution is 2.32. The lowest BCUT2D eigenvalue weighted by Crippen LogP contribution is -2.51. The van der Waals surface area contributed by atoms with Crippen LogP contribution in [-0.2, 0) is 4.79 Å². The van der Waals surface area contributed by atoms with E-state index >= 15 is 0 Å². The number of H-pyrrole nitrogens is 1. The Hall–Kier alpha value is -1.53. The SMILES string of the molecule is CC1(N)CCCCC1C(=O)Nc1c[nH]c(C(N)=O)c1.Cl. The normalized spacial score (nSPS) is 25.6. The van der Waals surface area contributed by atoms with Gasteiger partial charge in [0.05, 0.1) is 11.6 Å². The molecule has 2 rings (SSSR count). The monoisotopic (exact) mass is 300 g/mol. The molecule has 2 amide bonds. The maximum Gasteiger partial charge on any atom is 0.265 e. The predicted octanol–water partition coefficient (Wildman–Crippen LogP) is 1.38. The first-order chi connectivity index (χ1) is 8.90. The molecule has 0 aromatic carbocycles. The van der Waals surface area contributed by atoms with Crippen LogP contribution in [0.3, 0.4) is 0 Å². The van der Waals surface area contributed by atoms with Gasteiger partial charge >= 0.3 is 0 Å². The molecule has 0 bridgehead atoms. The lowest BCUT2D eigenvalue weighted by atomic mass is 9.74. The van der Waals surface area contributed by atoms with Gasteiger partial charge < -0.3 is 21.8 Å². The van der Waals surface area contributed by atoms with Crippen LogP contribution in [0.1, 0.15) is 43.1 Å². The number of carbonyl (C=O) groups is 2. The van der Waals surface area contributed by atoms with E-state index in [1.54, 1.807) is 6.20 Å². The Morgan fingerprint density at radius 2 is 2.15 bits per heavy atom. The molecule has 1 aromatic heterocycles. The fourth-order valence-corrected chi connectivity index (χ4v) is 2.63. The average Bonchev–Trinajstić information content (AvgIpc) is 2.76. The number of nitrogens with two attached hydrogens (primary N) is 2. The van der Waals surface area contributed by atoms with Crippen LogP contribution in [0.15, 0.2) is 12.3 Å². The molecule has 0 spiro atoms. The zero-order valence-electron chi connectivity index (χ0n) is 11.4. The molecule has 1 aliphatic rings. The molecule has 1 aliphatic carbocycles.